The number of hydrogen-bond donors (Lipinski definition) is 1. The fraction of sp³-hybridized carbons (Fsp3) is 0.385. The third-order valence-electron chi connectivity index (χ3n) is 6.73. The Morgan fingerprint density at radius 1 is 1.06 bits per heavy atom. The molecule has 0 aliphatic carbocycles. The Morgan fingerprint density at radius 2 is 1.90 bits per heavy atom. The molecule has 2 aliphatic heterocycles. The summed E-state index contributed by atoms with van der Waals surface area (Å²) >= 11 is 0. The first-order valence-corrected chi connectivity index (χ1v) is 11.3. The molecule has 160 valence electrons. The minimum atomic E-state index is -0.444. The van der Waals surface area contributed by atoms with Crippen molar-refractivity contribution in [2.75, 3.05) is 13.1 Å². The van der Waals surface area contributed by atoms with E-state index in [-0.39, 0.29) is 24.4 Å². The predicted molar refractivity (Wildman–Crippen MR) is 122 cm³/mol. The van der Waals surface area contributed by atoms with Crippen molar-refractivity contribution in [3.8, 4) is 0 Å². The van der Waals surface area contributed by atoms with Gasteiger partial charge in [-0.3, -0.25) is 9.59 Å². The summed E-state index contributed by atoms with van der Waals surface area (Å²) in [5.74, 6) is 0.126. The maximum Gasteiger partial charge on any atom is 0.246 e. The summed E-state index contributed by atoms with van der Waals surface area (Å²) in [5.41, 5.74) is 5.47. The number of carbonyl (C=O) groups is 2. The van der Waals surface area contributed by atoms with Gasteiger partial charge in [-0.05, 0) is 30.5 Å². The summed E-state index contributed by atoms with van der Waals surface area (Å²) in [6, 6.07) is 15.8. The highest BCUT2D eigenvalue weighted by molar-refractivity contribution is 5.97. The van der Waals surface area contributed by atoms with Crippen LogP contribution in [0.5, 0.6) is 0 Å². The smallest absolute Gasteiger partial charge is 0.246 e. The van der Waals surface area contributed by atoms with E-state index in [9.17, 15) is 9.59 Å². The Balaban J connectivity index is 1.62. The number of aromatic nitrogens is 1. The number of H-pyrrole nitrogens is 1. The van der Waals surface area contributed by atoms with Gasteiger partial charge in [0, 0.05) is 29.6 Å². The Hall–Kier alpha value is -3.08. The number of benzene rings is 2. The van der Waals surface area contributed by atoms with Crippen LogP contribution in [-0.4, -0.2) is 45.7 Å². The molecule has 1 aromatic heterocycles. The normalized spacial score (nSPS) is 20.8. The van der Waals surface area contributed by atoms with E-state index in [0.29, 0.717) is 13.0 Å². The van der Waals surface area contributed by atoms with Crippen LogP contribution in [0.15, 0.2) is 48.5 Å². The minimum absolute atomic E-state index is 0.0388. The van der Waals surface area contributed by atoms with E-state index in [0.717, 1.165) is 47.0 Å². The second-order valence-corrected chi connectivity index (χ2v) is 8.87. The number of rotatable bonds is 5. The van der Waals surface area contributed by atoms with Gasteiger partial charge in [0.1, 0.15) is 6.04 Å². The van der Waals surface area contributed by atoms with Crippen molar-refractivity contribution < 1.29 is 9.59 Å². The molecular weight excluding hydrogens is 386 g/mol. The van der Waals surface area contributed by atoms with E-state index >= 15 is 0 Å². The Labute approximate surface area is 183 Å². The zero-order valence-electron chi connectivity index (χ0n) is 18.2. The van der Waals surface area contributed by atoms with Crippen molar-refractivity contribution >= 4 is 22.7 Å². The molecule has 0 radical (unpaired) electrons. The summed E-state index contributed by atoms with van der Waals surface area (Å²) in [5, 5.41) is 1.15. The van der Waals surface area contributed by atoms with Crippen LogP contribution in [0.4, 0.5) is 0 Å². The molecule has 3 aromatic rings. The molecule has 2 atom stereocenters. The van der Waals surface area contributed by atoms with Gasteiger partial charge < -0.3 is 14.8 Å². The topological polar surface area (TPSA) is 56.4 Å². The van der Waals surface area contributed by atoms with E-state index in [4.69, 9.17) is 0 Å². The summed E-state index contributed by atoms with van der Waals surface area (Å²) in [6.07, 6.45) is 3.68. The van der Waals surface area contributed by atoms with Crippen molar-refractivity contribution in [2.24, 2.45) is 0 Å². The second-order valence-electron chi connectivity index (χ2n) is 8.87. The van der Waals surface area contributed by atoms with Gasteiger partial charge in [0.2, 0.25) is 11.8 Å². The number of fused-ring (bicyclic) bond motifs is 4. The van der Waals surface area contributed by atoms with Crippen LogP contribution in [0.1, 0.15) is 54.6 Å². The Kier molecular flexibility index (Phi) is 5.05. The SMILES string of the molecule is CCCCCN1CC(=O)N2[C@@H](c3cccc(C)c3)c3[nH]c4ccccc4c3C[C@H]2C1=O. The molecule has 2 aliphatic rings. The molecule has 5 rings (SSSR count). The number of unbranched alkanes of at least 4 members (excludes halogenated alkanes) is 2. The third-order valence-corrected chi connectivity index (χ3v) is 6.73. The van der Waals surface area contributed by atoms with Crippen molar-refractivity contribution in [2.45, 2.75) is 51.6 Å². The van der Waals surface area contributed by atoms with Crippen molar-refractivity contribution in [3.63, 3.8) is 0 Å². The molecule has 5 nitrogen and oxygen atoms in total. The lowest BCUT2D eigenvalue weighted by Gasteiger charge is -2.47. The highest BCUT2D eigenvalue weighted by Crippen LogP contribution is 2.42. The van der Waals surface area contributed by atoms with Gasteiger partial charge in [-0.15, -0.1) is 0 Å². The first-order chi connectivity index (χ1) is 15.1. The van der Waals surface area contributed by atoms with Gasteiger partial charge in [-0.1, -0.05) is 67.8 Å². The molecule has 0 spiro atoms. The van der Waals surface area contributed by atoms with Gasteiger partial charge in [0.05, 0.1) is 12.6 Å². The highest BCUT2D eigenvalue weighted by Gasteiger charge is 2.48. The summed E-state index contributed by atoms with van der Waals surface area (Å²) < 4.78 is 0. The predicted octanol–water partition coefficient (Wildman–Crippen LogP) is 4.35. The zero-order chi connectivity index (χ0) is 21.5. The van der Waals surface area contributed by atoms with Crippen molar-refractivity contribution in [1.29, 1.82) is 0 Å². The fourth-order valence-corrected chi connectivity index (χ4v) is 5.25. The summed E-state index contributed by atoms with van der Waals surface area (Å²) in [4.78, 5) is 34.2. The number of aromatic amines is 1. The van der Waals surface area contributed by atoms with Crippen LogP contribution in [0.3, 0.4) is 0 Å². The average molecular weight is 416 g/mol. The van der Waals surface area contributed by atoms with Gasteiger partial charge in [-0.25, -0.2) is 0 Å². The van der Waals surface area contributed by atoms with Crippen molar-refractivity contribution in [1.82, 2.24) is 14.8 Å². The number of piperazine rings is 1. The third kappa shape index (κ3) is 3.32. The van der Waals surface area contributed by atoms with Gasteiger partial charge in [0.25, 0.3) is 0 Å². The van der Waals surface area contributed by atoms with Crippen LogP contribution in [0.25, 0.3) is 10.9 Å². The van der Waals surface area contributed by atoms with E-state index in [1.807, 2.05) is 23.1 Å². The number of hydrogen-bond acceptors (Lipinski definition) is 2. The molecule has 2 amide bonds. The molecule has 0 bridgehead atoms. The number of aryl methyl sites for hydroxylation is 1. The number of nitrogens with one attached hydrogen (secondary N) is 1. The molecule has 3 heterocycles. The average Bonchev–Trinajstić information content (AvgIpc) is 3.14. The van der Waals surface area contributed by atoms with Gasteiger partial charge in [-0.2, -0.15) is 0 Å². The maximum atomic E-state index is 13.5. The van der Waals surface area contributed by atoms with Gasteiger partial charge >= 0.3 is 0 Å². The highest BCUT2D eigenvalue weighted by atomic mass is 16.2. The van der Waals surface area contributed by atoms with E-state index < -0.39 is 6.04 Å². The first-order valence-electron chi connectivity index (χ1n) is 11.3. The minimum Gasteiger partial charge on any atom is -0.356 e. The fourth-order valence-electron chi connectivity index (χ4n) is 5.25. The van der Waals surface area contributed by atoms with Crippen molar-refractivity contribution in [3.05, 3.63) is 70.9 Å². The first kappa shape index (κ1) is 19.9. The molecule has 5 heteroatoms. The molecule has 1 N–H and O–H groups in total. The van der Waals surface area contributed by atoms with E-state index in [1.54, 1.807) is 4.90 Å². The lowest BCUT2D eigenvalue weighted by Crippen LogP contribution is -2.63. The van der Waals surface area contributed by atoms with E-state index in [1.165, 1.54) is 5.56 Å². The van der Waals surface area contributed by atoms with E-state index in [2.05, 4.69) is 49.2 Å². The second kappa shape index (κ2) is 7.88. The molecular formula is C26H29N3O2. The van der Waals surface area contributed by atoms with Crippen LogP contribution >= 0.6 is 0 Å². The monoisotopic (exact) mass is 415 g/mol. The molecule has 1 fully saturated rings. The molecule has 1 saturated heterocycles. The van der Waals surface area contributed by atoms with Crippen LogP contribution < -0.4 is 0 Å². The zero-order valence-corrected chi connectivity index (χ0v) is 18.2. The molecule has 31 heavy (non-hydrogen) atoms. The largest absolute Gasteiger partial charge is 0.356 e. The van der Waals surface area contributed by atoms with Crippen LogP contribution in [0, 0.1) is 6.92 Å². The number of para-hydroxylation sites is 1. The van der Waals surface area contributed by atoms with Crippen LogP contribution in [0.2, 0.25) is 0 Å². The standard InChI is InChI=1S/C26H29N3O2/c1-3-4-7-13-28-16-23(30)29-22(26(28)31)15-20-19-11-5-6-12-21(19)27-24(20)25(29)18-10-8-9-17(2)14-18/h5-6,8-12,14,22,25,27H,3-4,7,13,15-16H2,1-2H3/t22-,25-/m0/s1. The number of nitrogens with zero attached hydrogens (tertiary/aromatic N) is 2. The lowest BCUT2D eigenvalue weighted by atomic mass is 9.86. The Morgan fingerprint density at radius 3 is 2.71 bits per heavy atom. The molecule has 0 unspecified atom stereocenters. The summed E-state index contributed by atoms with van der Waals surface area (Å²) in [6.45, 7) is 5.06. The summed E-state index contributed by atoms with van der Waals surface area (Å²) in [7, 11) is 0. The van der Waals surface area contributed by atoms with Gasteiger partial charge in [0.15, 0.2) is 0 Å². The molecule has 0 saturated carbocycles. The number of carbonyl (C=O) groups excluding carboxylic acids is 2. The van der Waals surface area contributed by atoms with Crippen LogP contribution in [-0.2, 0) is 16.0 Å². The quantitative estimate of drug-likeness (QED) is 0.630. The lowest BCUT2D eigenvalue weighted by molar-refractivity contribution is -0.158. The maximum absolute atomic E-state index is 13.5. The number of amides is 2. The Bertz CT molecular complexity index is 1150. The molecule has 2 aromatic carbocycles.